The number of hydrogen-bond donors (Lipinski definition) is 1. The first kappa shape index (κ1) is 11.1. The Morgan fingerprint density at radius 1 is 1.35 bits per heavy atom. The van der Waals surface area contributed by atoms with Crippen LogP contribution in [0.25, 0.3) is 0 Å². The molecule has 3 nitrogen and oxygen atoms in total. The van der Waals surface area contributed by atoms with Gasteiger partial charge >= 0.3 is 6.03 Å². The summed E-state index contributed by atoms with van der Waals surface area (Å²) in [4.78, 5) is 15.4. The van der Waals surface area contributed by atoms with Gasteiger partial charge in [-0.1, -0.05) is 6.92 Å². The number of carbonyl (C=O) groups is 1. The molecule has 0 radical (unpaired) electrons. The molecule has 1 saturated carbocycles. The van der Waals surface area contributed by atoms with E-state index in [1.54, 1.807) is 11.3 Å². The largest absolute Gasteiger partial charge is 0.322 e. The molecule has 1 aromatic rings. The fraction of sp³-hybridized carbons (Fsp3) is 0.615. The van der Waals surface area contributed by atoms with Gasteiger partial charge in [-0.15, -0.1) is 11.3 Å². The lowest BCUT2D eigenvalue weighted by molar-refractivity contribution is 0.150. The van der Waals surface area contributed by atoms with Gasteiger partial charge in [-0.25, -0.2) is 4.79 Å². The van der Waals surface area contributed by atoms with Crippen molar-refractivity contribution < 1.29 is 4.79 Å². The number of urea groups is 1. The van der Waals surface area contributed by atoms with E-state index in [0.29, 0.717) is 6.04 Å². The summed E-state index contributed by atoms with van der Waals surface area (Å²) < 4.78 is 0. The van der Waals surface area contributed by atoms with Crippen LogP contribution in [-0.4, -0.2) is 17.0 Å². The molecule has 1 aliphatic carbocycles. The molecule has 1 fully saturated rings. The maximum Gasteiger partial charge on any atom is 0.322 e. The van der Waals surface area contributed by atoms with Gasteiger partial charge in [0, 0.05) is 10.9 Å². The van der Waals surface area contributed by atoms with Gasteiger partial charge in [0.15, 0.2) is 0 Å². The number of hydrogen-bond acceptors (Lipinski definition) is 2. The van der Waals surface area contributed by atoms with E-state index in [1.165, 1.54) is 17.7 Å². The summed E-state index contributed by atoms with van der Waals surface area (Å²) in [7, 11) is 0. The van der Waals surface area contributed by atoms with Crippen molar-refractivity contribution in [2.45, 2.75) is 45.2 Å². The average Bonchev–Trinajstić information content (AvgIpc) is 2.76. The first-order chi connectivity index (χ1) is 8.24. The molecular formula is C13H18N2OS. The van der Waals surface area contributed by atoms with Crippen LogP contribution in [-0.2, 0) is 6.54 Å². The number of nitrogens with zero attached hydrogens (tertiary/aromatic N) is 1. The minimum Gasteiger partial charge on any atom is -0.316 e. The second kappa shape index (κ2) is 4.33. The molecule has 3 rings (SSSR count). The van der Waals surface area contributed by atoms with Crippen LogP contribution in [0.5, 0.6) is 0 Å². The van der Waals surface area contributed by atoms with Crippen LogP contribution in [0.4, 0.5) is 10.5 Å². The van der Waals surface area contributed by atoms with Crippen LogP contribution in [0.1, 0.15) is 37.5 Å². The van der Waals surface area contributed by atoms with E-state index in [9.17, 15) is 4.79 Å². The molecule has 2 aliphatic rings. The van der Waals surface area contributed by atoms with Crippen molar-refractivity contribution in [3.8, 4) is 0 Å². The van der Waals surface area contributed by atoms with Crippen molar-refractivity contribution in [2.24, 2.45) is 5.92 Å². The van der Waals surface area contributed by atoms with Crippen LogP contribution in [0, 0.1) is 5.92 Å². The van der Waals surface area contributed by atoms with Crippen LogP contribution in [0.15, 0.2) is 11.4 Å². The highest BCUT2D eigenvalue weighted by Gasteiger charge is 2.31. The topological polar surface area (TPSA) is 32.3 Å². The fourth-order valence-corrected chi connectivity index (χ4v) is 3.67. The van der Waals surface area contributed by atoms with E-state index in [2.05, 4.69) is 17.6 Å². The summed E-state index contributed by atoms with van der Waals surface area (Å²) in [6.45, 7) is 3.11. The molecule has 0 aromatic carbocycles. The molecule has 0 saturated heterocycles. The molecule has 4 heteroatoms. The van der Waals surface area contributed by atoms with E-state index in [0.717, 1.165) is 31.0 Å². The molecule has 0 bridgehead atoms. The Bertz CT molecular complexity index is 421. The maximum absolute atomic E-state index is 12.1. The third kappa shape index (κ3) is 2.06. The number of thiophene rings is 1. The van der Waals surface area contributed by atoms with Crippen molar-refractivity contribution in [1.29, 1.82) is 0 Å². The third-order valence-corrected chi connectivity index (χ3v) is 4.89. The maximum atomic E-state index is 12.1. The van der Waals surface area contributed by atoms with Crippen LogP contribution >= 0.6 is 11.3 Å². The molecular weight excluding hydrogens is 232 g/mol. The predicted molar refractivity (Wildman–Crippen MR) is 70.3 cm³/mol. The van der Waals surface area contributed by atoms with E-state index in [-0.39, 0.29) is 6.03 Å². The van der Waals surface area contributed by atoms with E-state index < -0.39 is 0 Å². The van der Waals surface area contributed by atoms with Crippen molar-refractivity contribution in [3.63, 3.8) is 0 Å². The Balaban J connectivity index is 1.74. The Labute approximate surface area is 106 Å². The van der Waals surface area contributed by atoms with Gasteiger partial charge in [-0.3, -0.25) is 0 Å². The van der Waals surface area contributed by atoms with Crippen molar-refractivity contribution >= 4 is 23.1 Å². The monoisotopic (exact) mass is 250 g/mol. The second-order valence-corrected chi connectivity index (χ2v) is 6.23. The third-order valence-electron chi connectivity index (χ3n) is 3.99. The predicted octanol–water partition coefficient (Wildman–Crippen LogP) is 3.67. The quantitative estimate of drug-likeness (QED) is 0.810. The Hall–Kier alpha value is -1.03. The molecule has 92 valence electrons. The molecule has 1 aromatic heterocycles. The highest BCUT2D eigenvalue weighted by Crippen LogP contribution is 2.33. The molecule has 0 atom stereocenters. The zero-order valence-electron chi connectivity index (χ0n) is 10.1. The van der Waals surface area contributed by atoms with Crippen LogP contribution in [0.3, 0.4) is 0 Å². The number of anilines is 1. The van der Waals surface area contributed by atoms with E-state index >= 15 is 0 Å². The highest BCUT2D eigenvalue weighted by molar-refractivity contribution is 7.10. The summed E-state index contributed by atoms with van der Waals surface area (Å²) in [5.41, 5.74) is 1.01. The summed E-state index contributed by atoms with van der Waals surface area (Å²) in [5, 5.41) is 5.05. The Morgan fingerprint density at radius 2 is 2.12 bits per heavy atom. The fourth-order valence-electron chi connectivity index (χ4n) is 2.84. The molecule has 1 aliphatic heterocycles. The number of fused-ring (bicyclic) bond motifs is 1. The molecule has 0 unspecified atom stereocenters. The Morgan fingerprint density at radius 3 is 2.88 bits per heavy atom. The van der Waals surface area contributed by atoms with Gasteiger partial charge in [0.1, 0.15) is 0 Å². The lowest BCUT2D eigenvalue weighted by Crippen LogP contribution is -2.46. The normalized spacial score (nSPS) is 28.8. The summed E-state index contributed by atoms with van der Waals surface area (Å²) in [6, 6.07) is 2.54. The van der Waals surface area contributed by atoms with Gasteiger partial charge in [0.05, 0.1) is 12.2 Å². The molecule has 1 N–H and O–H groups in total. The number of carbonyl (C=O) groups excluding carboxylic acids is 1. The van der Waals surface area contributed by atoms with E-state index in [4.69, 9.17) is 0 Å². The van der Waals surface area contributed by atoms with E-state index in [1.807, 2.05) is 11.0 Å². The SMILES string of the molecule is CC1CCC(N2Cc3sccc3NC2=O)CC1. The molecule has 0 spiro atoms. The zero-order chi connectivity index (χ0) is 11.8. The van der Waals surface area contributed by atoms with Crippen LogP contribution < -0.4 is 5.32 Å². The average molecular weight is 250 g/mol. The lowest BCUT2D eigenvalue weighted by Gasteiger charge is -2.38. The smallest absolute Gasteiger partial charge is 0.316 e. The van der Waals surface area contributed by atoms with Crippen LogP contribution in [0.2, 0.25) is 0 Å². The summed E-state index contributed by atoms with van der Waals surface area (Å²) in [6.07, 6.45) is 4.84. The second-order valence-electron chi connectivity index (χ2n) is 5.23. The van der Waals surface area contributed by atoms with Gasteiger partial charge in [0.25, 0.3) is 0 Å². The van der Waals surface area contributed by atoms with Gasteiger partial charge in [-0.05, 0) is 43.0 Å². The summed E-state index contributed by atoms with van der Waals surface area (Å²) in [5.74, 6) is 0.830. The van der Waals surface area contributed by atoms with Crippen molar-refractivity contribution in [2.75, 3.05) is 5.32 Å². The standard InChI is InChI=1S/C13H18N2OS/c1-9-2-4-10(5-3-9)15-8-12-11(6-7-17-12)14-13(15)16/h6-7,9-10H,2-5,8H2,1H3,(H,14,16). The molecule has 17 heavy (non-hydrogen) atoms. The molecule has 2 heterocycles. The van der Waals surface area contributed by atoms with Crippen molar-refractivity contribution in [1.82, 2.24) is 4.90 Å². The van der Waals surface area contributed by atoms with Crippen molar-refractivity contribution in [3.05, 3.63) is 16.3 Å². The van der Waals surface area contributed by atoms with Gasteiger partial charge < -0.3 is 10.2 Å². The number of rotatable bonds is 1. The Kier molecular flexibility index (Phi) is 2.82. The molecule has 2 amide bonds. The number of amides is 2. The summed E-state index contributed by atoms with van der Waals surface area (Å²) >= 11 is 1.74. The lowest BCUT2D eigenvalue weighted by atomic mass is 9.86. The zero-order valence-corrected chi connectivity index (χ0v) is 10.9. The number of nitrogens with one attached hydrogen (secondary N) is 1. The minimum atomic E-state index is 0.0930. The minimum absolute atomic E-state index is 0.0930. The van der Waals surface area contributed by atoms with Gasteiger partial charge in [-0.2, -0.15) is 0 Å². The van der Waals surface area contributed by atoms with Gasteiger partial charge in [0.2, 0.25) is 0 Å². The first-order valence-corrected chi connectivity index (χ1v) is 7.26. The first-order valence-electron chi connectivity index (χ1n) is 6.38. The highest BCUT2D eigenvalue weighted by atomic mass is 32.1.